The predicted molar refractivity (Wildman–Crippen MR) is 108 cm³/mol. The smallest absolute Gasteiger partial charge is 0.347 e. The zero-order valence-corrected chi connectivity index (χ0v) is 17.2. The number of fused-ring (bicyclic) bond motifs is 1. The average Bonchev–Trinajstić information content (AvgIpc) is 3.27. The van der Waals surface area contributed by atoms with Gasteiger partial charge in [-0.05, 0) is 50.8 Å². The number of carbonyl (C=O) groups excluding carboxylic acids is 3. The van der Waals surface area contributed by atoms with Crippen molar-refractivity contribution in [1.82, 2.24) is 0 Å². The van der Waals surface area contributed by atoms with E-state index in [1.165, 1.54) is 11.3 Å². The Labute approximate surface area is 173 Å². The normalized spacial score (nSPS) is 13.3. The number of nitrogens with one attached hydrogen (secondary N) is 1. The minimum absolute atomic E-state index is 0.258. The molecule has 154 valence electrons. The summed E-state index contributed by atoms with van der Waals surface area (Å²) in [6.07, 6.45) is 1.80. The Morgan fingerprint density at radius 3 is 2.62 bits per heavy atom. The van der Waals surface area contributed by atoms with Crippen LogP contribution >= 0.6 is 11.3 Å². The highest BCUT2D eigenvalue weighted by atomic mass is 32.1. The van der Waals surface area contributed by atoms with Crippen LogP contribution in [0.1, 0.15) is 41.1 Å². The standard InChI is InChI=1S/C21H23NO6S/c1-3-26-21(25)18-15-10-7-11-16(15)29-19(18)22-17(23)12-27-20(24)13(2)28-14-8-5-4-6-9-14/h4-6,8-9,13H,3,7,10-12H2,1-2H3,(H,22,23)/t13-/m1/s1. The largest absolute Gasteiger partial charge is 0.479 e. The van der Waals surface area contributed by atoms with Crippen molar-refractivity contribution in [2.24, 2.45) is 0 Å². The number of carbonyl (C=O) groups is 3. The lowest BCUT2D eigenvalue weighted by Gasteiger charge is -2.14. The van der Waals surface area contributed by atoms with Crippen LogP contribution in [-0.2, 0) is 31.9 Å². The number of thiophene rings is 1. The van der Waals surface area contributed by atoms with Crippen molar-refractivity contribution in [3.63, 3.8) is 0 Å². The lowest BCUT2D eigenvalue weighted by Crippen LogP contribution is -2.29. The van der Waals surface area contributed by atoms with Crippen molar-refractivity contribution in [2.45, 2.75) is 39.2 Å². The molecule has 7 nitrogen and oxygen atoms in total. The van der Waals surface area contributed by atoms with E-state index in [2.05, 4.69) is 5.32 Å². The number of rotatable bonds is 8. The molecule has 1 heterocycles. The molecule has 1 amide bonds. The third kappa shape index (κ3) is 5.14. The summed E-state index contributed by atoms with van der Waals surface area (Å²) in [5, 5.41) is 3.13. The third-order valence-electron chi connectivity index (χ3n) is 4.39. The fraction of sp³-hybridized carbons (Fsp3) is 0.381. The Bertz CT molecular complexity index is 892. The lowest BCUT2D eigenvalue weighted by molar-refractivity contribution is -0.153. The second-order valence-electron chi connectivity index (χ2n) is 6.51. The van der Waals surface area contributed by atoms with Gasteiger partial charge in [-0.2, -0.15) is 0 Å². The van der Waals surface area contributed by atoms with Crippen LogP contribution in [0.4, 0.5) is 5.00 Å². The van der Waals surface area contributed by atoms with E-state index in [1.54, 1.807) is 38.1 Å². The fourth-order valence-corrected chi connectivity index (χ4v) is 4.37. The van der Waals surface area contributed by atoms with Gasteiger partial charge in [0.25, 0.3) is 5.91 Å². The molecule has 1 N–H and O–H groups in total. The van der Waals surface area contributed by atoms with Crippen molar-refractivity contribution >= 4 is 34.2 Å². The maximum atomic E-state index is 12.3. The monoisotopic (exact) mass is 417 g/mol. The van der Waals surface area contributed by atoms with E-state index in [4.69, 9.17) is 14.2 Å². The number of benzene rings is 1. The number of aryl methyl sites for hydroxylation is 1. The van der Waals surface area contributed by atoms with Crippen LogP contribution in [0.25, 0.3) is 0 Å². The maximum Gasteiger partial charge on any atom is 0.347 e. The molecule has 0 saturated carbocycles. The Balaban J connectivity index is 1.57. The van der Waals surface area contributed by atoms with E-state index >= 15 is 0 Å². The first-order chi connectivity index (χ1) is 14.0. The minimum atomic E-state index is -0.856. The van der Waals surface area contributed by atoms with Gasteiger partial charge in [0.1, 0.15) is 10.8 Å². The first-order valence-electron chi connectivity index (χ1n) is 9.49. The van der Waals surface area contributed by atoms with Crippen molar-refractivity contribution in [2.75, 3.05) is 18.5 Å². The van der Waals surface area contributed by atoms with Crippen molar-refractivity contribution in [3.8, 4) is 5.75 Å². The van der Waals surface area contributed by atoms with Gasteiger partial charge < -0.3 is 19.5 Å². The molecular weight excluding hydrogens is 394 g/mol. The van der Waals surface area contributed by atoms with Gasteiger partial charge in [0.05, 0.1) is 12.2 Å². The summed E-state index contributed by atoms with van der Waals surface area (Å²) in [5.41, 5.74) is 1.37. The molecule has 3 rings (SSSR count). The maximum absolute atomic E-state index is 12.3. The number of hydrogen-bond donors (Lipinski definition) is 1. The summed E-state index contributed by atoms with van der Waals surface area (Å²) in [4.78, 5) is 37.8. The summed E-state index contributed by atoms with van der Waals surface area (Å²) < 4.78 is 15.7. The molecule has 29 heavy (non-hydrogen) atoms. The van der Waals surface area contributed by atoms with Gasteiger partial charge in [0.2, 0.25) is 0 Å². The zero-order valence-electron chi connectivity index (χ0n) is 16.4. The third-order valence-corrected chi connectivity index (χ3v) is 5.59. The number of esters is 2. The summed E-state index contributed by atoms with van der Waals surface area (Å²) in [7, 11) is 0. The van der Waals surface area contributed by atoms with Crippen LogP contribution in [0.15, 0.2) is 30.3 Å². The van der Waals surface area contributed by atoms with Crippen LogP contribution in [0.5, 0.6) is 5.75 Å². The van der Waals surface area contributed by atoms with Crippen LogP contribution in [0.2, 0.25) is 0 Å². The summed E-state index contributed by atoms with van der Waals surface area (Å²) >= 11 is 1.38. The van der Waals surface area contributed by atoms with E-state index in [9.17, 15) is 14.4 Å². The molecule has 0 fully saturated rings. The topological polar surface area (TPSA) is 90.9 Å². The second-order valence-corrected chi connectivity index (χ2v) is 7.62. The number of para-hydroxylation sites is 1. The second kappa shape index (κ2) is 9.56. The predicted octanol–water partition coefficient (Wildman–Crippen LogP) is 3.36. The quantitative estimate of drug-likeness (QED) is 0.663. The zero-order chi connectivity index (χ0) is 20.8. The van der Waals surface area contributed by atoms with E-state index < -0.39 is 30.6 Å². The molecule has 1 aliphatic carbocycles. The molecule has 0 bridgehead atoms. The molecule has 1 atom stereocenters. The molecule has 0 saturated heterocycles. The van der Waals surface area contributed by atoms with E-state index in [0.717, 1.165) is 29.7 Å². The Morgan fingerprint density at radius 1 is 1.14 bits per heavy atom. The molecule has 1 aromatic carbocycles. The van der Waals surface area contributed by atoms with Gasteiger partial charge in [-0.15, -0.1) is 11.3 Å². The Morgan fingerprint density at radius 2 is 1.90 bits per heavy atom. The highest BCUT2D eigenvalue weighted by Gasteiger charge is 2.28. The number of anilines is 1. The molecule has 0 spiro atoms. The van der Waals surface area contributed by atoms with E-state index in [-0.39, 0.29) is 6.61 Å². The molecule has 0 unspecified atom stereocenters. The van der Waals surface area contributed by atoms with Crippen LogP contribution in [0, 0.1) is 0 Å². The molecule has 1 aliphatic rings. The number of hydrogen-bond acceptors (Lipinski definition) is 7. The molecule has 0 aliphatic heterocycles. The molecule has 8 heteroatoms. The highest BCUT2D eigenvalue weighted by Crippen LogP contribution is 2.39. The molecule has 1 aromatic heterocycles. The van der Waals surface area contributed by atoms with Crippen molar-refractivity contribution in [3.05, 3.63) is 46.3 Å². The van der Waals surface area contributed by atoms with Crippen LogP contribution < -0.4 is 10.1 Å². The van der Waals surface area contributed by atoms with Gasteiger partial charge in [-0.3, -0.25) is 4.79 Å². The van der Waals surface area contributed by atoms with Gasteiger partial charge in [0.15, 0.2) is 12.7 Å². The summed E-state index contributed by atoms with van der Waals surface area (Å²) in [6, 6.07) is 8.87. The van der Waals surface area contributed by atoms with Crippen molar-refractivity contribution < 1.29 is 28.6 Å². The van der Waals surface area contributed by atoms with Crippen molar-refractivity contribution in [1.29, 1.82) is 0 Å². The fourth-order valence-electron chi connectivity index (χ4n) is 3.08. The van der Waals surface area contributed by atoms with Gasteiger partial charge in [0, 0.05) is 4.88 Å². The van der Waals surface area contributed by atoms with Crippen LogP contribution in [-0.4, -0.2) is 37.2 Å². The number of amides is 1. The van der Waals surface area contributed by atoms with Gasteiger partial charge >= 0.3 is 11.9 Å². The highest BCUT2D eigenvalue weighted by molar-refractivity contribution is 7.17. The van der Waals surface area contributed by atoms with Crippen LogP contribution in [0.3, 0.4) is 0 Å². The van der Waals surface area contributed by atoms with E-state index in [1.807, 2.05) is 6.07 Å². The first kappa shape index (κ1) is 20.9. The molecular formula is C21H23NO6S. The summed E-state index contributed by atoms with van der Waals surface area (Å²) in [5.74, 6) is -1.07. The Hall–Kier alpha value is -2.87. The lowest BCUT2D eigenvalue weighted by atomic mass is 10.1. The first-order valence-corrected chi connectivity index (χ1v) is 10.3. The average molecular weight is 417 g/mol. The SMILES string of the molecule is CCOC(=O)c1c(NC(=O)COC(=O)[C@@H](C)Oc2ccccc2)sc2c1CCC2. The number of ether oxygens (including phenoxy) is 3. The van der Waals surface area contributed by atoms with Gasteiger partial charge in [-0.1, -0.05) is 18.2 Å². The molecule has 2 aromatic rings. The van der Waals surface area contributed by atoms with Gasteiger partial charge in [-0.25, -0.2) is 9.59 Å². The minimum Gasteiger partial charge on any atom is -0.479 e. The van der Waals surface area contributed by atoms with E-state index in [0.29, 0.717) is 16.3 Å². The Kier molecular flexibility index (Phi) is 6.87. The molecule has 0 radical (unpaired) electrons. The summed E-state index contributed by atoms with van der Waals surface area (Å²) in [6.45, 7) is 3.08.